The van der Waals surface area contributed by atoms with Gasteiger partial charge in [-0.25, -0.2) is 4.39 Å². The fraction of sp³-hybridized carbons (Fsp3) is 0.400. The number of amides is 1. The van der Waals surface area contributed by atoms with E-state index < -0.39 is 0 Å². The predicted octanol–water partition coefficient (Wildman–Crippen LogP) is 1.09. The van der Waals surface area contributed by atoms with Crippen molar-refractivity contribution in [3.63, 3.8) is 0 Å². The minimum Gasteiger partial charge on any atom is -0.485 e. The summed E-state index contributed by atoms with van der Waals surface area (Å²) in [4.78, 5) is 17.4. The van der Waals surface area contributed by atoms with Crippen LogP contribution in [0.3, 0.4) is 0 Å². The standard InChI is InChI=1S/C15H17FN4O3/c16-11-1-3-12(4-2-11)22-9-13-18-14(23-19-13)8-20-6-5-10(7-20)15(17)21/h1-4,10H,5-9H2,(H2,17,21)/t10-/m0/s1. The molecule has 2 aromatic rings. The largest absolute Gasteiger partial charge is 0.485 e. The van der Waals surface area contributed by atoms with Crippen molar-refractivity contribution in [3.8, 4) is 5.75 Å². The second-order valence-corrected chi connectivity index (χ2v) is 5.47. The molecular formula is C15H17FN4O3. The van der Waals surface area contributed by atoms with Gasteiger partial charge in [0.05, 0.1) is 12.5 Å². The van der Waals surface area contributed by atoms with Crippen molar-refractivity contribution < 1.29 is 18.4 Å². The zero-order chi connectivity index (χ0) is 16.2. The van der Waals surface area contributed by atoms with Crippen molar-refractivity contribution in [1.29, 1.82) is 0 Å². The number of nitrogens with zero attached hydrogens (tertiary/aromatic N) is 3. The van der Waals surface area contributed by atoms with Crippen LogP contribution in [0.15, 0.2) is 28.8 Å². The van der Waals surface area contributed by atoms with E-state index in [1.54, 1.807) is 0 Å². The van der Waals surface area contributed by atoms with Gasteiger partial charge < -0.3 is 15.0 Å². The first-order chi connectivity index (χ1) is 11.1. The summed E-state index contributed by atoms with van der Waals surface area (Å²) in [5.74, 6) is 0.703. The molecule has 0 spiro atoms. The van der Waals surface area contributed by atoms with Crippen LogP contribution in [0, 0.1) is 11.7 Å². The van der Waals surface area contributed by atoms with Crippen molar-refractivity contribution in [2.24, 2.45) is 11.7 Å². The van der Waals surface area contributed by atoms with Crippen LogP contribution >= 0.6 is 0 Å². The summed E-state index contributed by atoms with van der Waals surface area (Å²) in [5.41, 5.74) is 5.30. The fourth-order valence-corrected chi connectivity index (χ4v) is 2.49. The smallest absolute Gasteiger partial charge is 0.240 e. The summed E-state index contributed by atoms with van der Waals surface area (Å²) in [5, 5.41) is 3.84. The van der Waals surface area contributed by atoms with Gasteiger partial charge in [-0.15, -0.1) is 0 Å². The minimum atomic E-state index is -0.320. The molecule has 2 heterocycles. The van der Waals surface area contributed by atoms with Crippen LogP contribution in [0.25, 0.3) is 0 Å². The van der Waals surface area contributed by atoms with Gasteiger partial charge in [0.15, 0.2) is 6.61 Å². The quantitative estimate of drug-likeness (QED) is 0.856. The number of nitrogens with two attached hydrogens (primary N) is 1. The molecule has 0 saturated carbocycles. The average Bonchev–Trinajstić information content (AvgIpc) is 3.17. The number of benzene rings is 1. The van der Waals surface area contributed by atoms with E-state index in [0.717, 1.165) is 13.0 Å². The third-order valence-corrected chi connectivity index (χ3v) is 3.73. The van der Waals surface area contributed by atoms with Crippen LogP contribution in [-0.2, 0) is 17.9 Å². The molecule has 0 bridgehead atoms. The number of likely N-dealkylation sites (tertiary alicyclic amines) is 1. The molecule has 1 fully saturated rings. The first-order valence-electron chi connectivity index (χ1n) is 7.31. The number of halogens is 1. The lowest BCUT2D eigenvalue weighted by Gasteiger charge is -2.11. The Labute approximate surface area is 132 Å². The molecule has 3 rings (SSSR count). The Balaban J connectivity index is 1.50. The van der Waals surface area contributed by atoms with Gasteiger partial charge in [-0.05, 0) is 37.2 Å². The fourth-order valence-electron chi connectivity index (χ4n) is 2.49. The van der Waals surface area contributed by atoms with Crippen molar-refractivity contribution in [2.45, 2.75) is 19.6 Å². The van der Waals surface area contributed by atoms with Crippen LogP contribution in [-0.4, -0.2) is 34.0 Å². The third kappa shape index (κ3) is 4.04. The van der Waals surface area contributed by atoms with Gasteiger partial charge in [-0.2, -0.15) is 4.98 Å². The lowest BCUT2D eigenvalue weighted by molar-refractivity contribution is -0.121. The molecule has 1 saturated heterocycles. The highest BCUT2D eigenvalue weighted by Gasteiger charge is 2.27. The highest BCUT2D eigenvalue weighted by Crippen LogP contribution is 2.18. The molecule has 1 aliphatic rings. The van der Waals surface area contributed by atoms with Crippen LogP contribution in [0.1, 0.15) is 18.1 Å². The molecule has 1 aromatic carbocycles. The molecular weight excluding hydrogens is 303 g/mol. The van der Waals surface area contributed by atoms with E-state index in [0.29, 0.717) is 30.6 Å². The first-order valence-corrected chi connectivity index (χ1v) is 7.31. The Morgan fingerprint density at radius 3 is 2.91 bits per heavy atom. The summed E-state index contributed by atoms with van der Waals surface area (Å²) >= 11 is 0. The van der Waals surface area contributed by atoms with E-state index in [1.807, 2.05) is 4.90 Å². The van der Waals surface area contributed by atoms with Crippen molar-refractivity contribution in [1.82, 2.24) is 15.0 Å². The number of primary amides is 1. The number of hydrogen-bond donors (Lipinski definition) is 1. The van der Waals surface area contributed by atoms with Gasteiger partial charge >= 0.3 is 0 Å². The highest BCUT2D eigenvalue weighted by atomic mass is 19.1. The molecule has 1 atom stereocenters. The van der Waals surface area contributed by atoms with E-state index in [2.05, 4.69) is 10.1 Å². The molecule has 0 aliphatic carbocycles. The predicted molar refractivity (Wildman–Crippen MR) is 77.6 cm³/mol. The summed E-state index contributed by atoms with van der Waals surface area (Å²) in [6.45, 7) is 2.00. The molecule has 122 valence electrons. The summed E-state index contributed by atoms with van der Waals surface area (Å²) in [6, 6.07) is 5.70. The Hall–Kier alpha value is -2.48. The Morgan fingerprint density at radius 2 is 2.22 bits per heavy atom. The molecule has 7 nitrogen and oxygen atoms in total. The van der Waals surface area contributed by atoms with Crippen LogP contribution < -0.4 is 10.5 Å². The van der Waals surface area contributed by atoms with Gasteiger partial charge in [0.25, 0.3) is 0 Å². The number of rotatable bonds is 6. The van der Waals surface area contributed by atoms with E-state index in [9.17, 15) is 9.18 Å². The van der Waals surface area contributed by atoms with Crippen molar-refractivity contribution in [2.75, 3.05) is 13.1 Å². The lowest BCUT2D eigenvalue weighted by Crippen LogP contribution is -2.27. The number of aromatic nitrogens is 2. The monoisotopic (exact) mass is 320 g/mol. The van der Waals surface area contributed by atoms with Crippen molar-refractivity contribution in [3.05, 3.63) is 41.8 Å². The zero-order valence-corrected chi connectivity index (χ0v) is 12.4. The first kappa shape index (κ1) is 15.4. The molecule has 0 unspecified atom stereocenters. The molecule has 1 aliphatic heterocycles. The second kappa shape index (κ2) is 6.74. The normalized spacial score (nSPS) is 18.2. The number of ether oxygens (including phenoxy) is 1. The van der Waals surface area contributed by atoms with E-state index in [1.165, 1.54) is 24.3 Å². The maximum absolute atomic E-state index is 12.8. The summed E-state index contributed by atoms with van der Waals surface area (Å²) < 4.78 is 23.4. The third-order valence-electron chi connectivity index (χ3n) is 3.73. The number of carbonyl (C=O) groups is 1. The summed E-state index contributed by atoms with van der Waals surface area (Å²) in [6.07, 6.45) is 0.754. The van der Waals surface area contributed by atoms with Crippen LogP contribution in [0.4, 0.5) is 4.39 Å². The van der Waals surface area contributed by atoms with Gasteiger partial charge in [-0.1, -0.05) is 5.16 Å². The van der Waals surface area contributed by atoms with Crippen molar-refractivity contribution >= 4 is 5.91 Å². The highest BCUT2D eigenvalue weighted by molar-refractivity contribution is 5.77. The maximum atomic E-state index is 12.8. The topological polar surface area (TPSA) is 94.5 Å². The summed E-state index contributed by atoms with van der Waals surface area (Å²) in [7, 11) is 0. The van der Waals surface area contributed by atoms with Crippen LogP contribution in [0.5, 0.6) is 5.75 Å². The van der Waals surface area contributed by atoms with Gasteiger partial charge in [0, 0.05) is 6.54 Å². The van der Waals surface area contributed by atoms with E-state index in [-0.39, 0.29) is 24.2 Å². The molecule has 23 heavy (non-hydrogen) atoms. The Bertz CT molecular complexity index is 674. The Morgan fingerprint density at radius 1 is 1.43 bits per heavy atom. The van der Waals surface area contributed by atoms with E-state index >= 15 is 0 Å². The zero-order valence-electron chi connectivity index (χ0n) is 12.4. The molecule has 0 radical (unpaired) electrons. The minimum absolute atomic E-state index is 0.112. The number of hydrogen-bond acceptors (Lipinski definition) is 6. The van der Waals surface area contributed by atoms with Gasteiger partial charge in [-0.3, -0.25) is 9.69 Å². The number of carbonyl (C=O) groups excluding carboxylic acids is 1. The van der Waals surface area contributed by atoms with Gasteiger partial charge in [0.2, 0.25) is 17.6 Å². The average molecular weight is 320 g/mol. The molecule has 1 aromatic heterocycles. The lowest BCUT2D eigenvalue weighted by atomic mass is 10.1. The molecule has 2 N–H and O–H groups in total. The van der Waals surface area contributed by atoms with Gasteiger partial charge in [0.1, 0.15) is 11.6 Å². The van der Waals surface area contributed by atoms with E-state index in [4.69, 9.17) is 15.0 Å². The molecule has 8 heteroatoms. The second-order valence-electron chi connectivity index (χ2n) is 5.47. The molecule has 1 amide bonds. The Kier molecular flexibility index (Phi) is 4.52. The van der Waals surface area contributed by atoms with Crippen LogP contribution in [0.2, 0.25) is 0 Å². The maximum Gasteiger partial charge on any atom is 0.240 e. The SMILES string of the molecule is NC(=O)[C@H]1CCN(Cc2nc(COc3ccc(F)cc3)no2)C1.